The van der Waals surface area contributed by atoms with Crippen LogP contribution in [0.25, 0.3) is 0 Å². The number of benzene rings is 2. The van der Waals surface area contributed by atoms with E-state index in [0.29, 0.717) is 10.6 Å². The summed E-state index contributed by atoms with van der Waals surface area (Å²) in [7, 11) is -2.68. The molecule has 34 heavy (non-hydrogen) atoms. The Bertz CT molecular complexity index is 1340. The number of pyridine rings is 1. The van der Waals surface area contributed by atoms with Crippen molar-refractivity contribution in [1.82, 2.24) is 4.98 Å². The summed E-state index contributed by atoms with van der Waals surface area (Å²) < 4.78 is 59.5. The van der Waals surface area contributed by atoms with Crippen molar-refractivity contribution in [2.24, 2.45) is 9.52 Å². The van der Waals surface area contributed by atoms with Gasteiger partial charge in [-0.15, -0.1) is 0 Å². The minimum atomic E-state index is -4.77. The van der Waals surface area contributed by atoms with Crippen molar-refractivity contribution in [3.63, 3.8) is 0 Å². The van der Waals surface area contributed by atoms with Crippen molar-refractivity contribution in [3.8, 4) is 0 Å². The Hall–Kier alpha value is -2.62. The van der Waals surface area contributed by atoms with Gasteiger partial charge in [-0.1, -0.05) is 58.7 Å². The van der Waals surface area contributed by atoms with Crippen LogP contribution >= 0.6 is 23.2 Å². The van der Waals surface area contributed by atoms with Gasteiger partial charge in [-0.3, -0.25) is 0 Å². The molecule has 0 aliphatic carbocycles. The lowest BCUT2D eigenvalue weighted by Gasteiger charge is -2.29. The van der Waals surface area contributed by atoms with E-state index >= 15 is 0 Å². The molecule has 4 rings (SSSR count). The van der Waals surface area contributed by atoms with Crippen LogP contribution in [0.5, 0.6) is 0 Å². The Balaban J connectivity index is 1.56. The third-order valence-corrected chi connectivity index (χ3v) is 7.40. The standard InChI is InChI=1S/C23H18Cl2F3N3O2S/c1-34(32,21-4-2-3-9-29-21)30-14-15-5-7-16(8-6-15)20-13-22(33-31-20,23(26,27)28)17-10-18(24)12-19(25)11-17/h2-12H,13-14H2,1H3. The maximum Gasteiger partial charge on any atom is 0.435 e. The number of alkyl halides is 3. The second-order valence-electron chi connectivity index (χ2n) is 7.74. The zero-order chi connectivity index (χ0) is 24.6. The highest BCUT2D eigenvalue weighted by Gasteiger charge is 2.62. The van der Waals surface area contributed by atoms with E-state index in [4.69, 9.17) is 28.0 Å². The molecule has 11 heteroatoms. The quantitative estimate of drug-likeness (QED) is 0.374. The first-order valence-electron chi connectivity index (χ1n) is 9.97. The summed E-state index contributed by atoms with van der Waals surface area (Å²) >= 11 is 11.9. The topological polar surface area (TPSA) is 63.9 Å². The first-order valence-corrected chi connectivity index (χ1v) is 12.6. The highest BCUT2D eigenvalue weighted by Crippen LogP contribution is 2.49. The summed E-state index contributed by atoms with van der Waals surface area (Å²) in [4.78, 5) is 9.11. The van der Waals surface area contributed by atoms with Crippen LogP contribution in [-0.2, 0) is 26.7 Å². The van der Waals surface area contributed by atoms with E-state index in [1.165, 1.54) is 24.5 Å². The van der Waals surface area contributed by atoms with Crippen LogP contribution in [0, 0.1) is 0 Å². The monoisotopic (exact) mass is 527 g/mol. The number of oxime groups is 1. The third kappa shape index (κ3) is 4.92. The Morgan fingerprint density at radius 2 is 1.76 bits per heavy atom. The zero-order valence-corrected chi connectivity index (χ0v) is 20.0. The normalized spacial score (nSPS) is 19.8. The Kier molecular flexibility index (Phi) is 6.63. The number of hydrogen-bond acceptors (Lipinski definition) is 5. The van der Waals surface area contributed by atoms with E-state index in [1.54, 1.807) is 48.7 Å². The molecular formula is C23H18Cl2F3N3O2S. The maximum atomic E-state index is 14.1. The van der Waals surface area contributed by atoms with Crippen molar-refractivity contribution >= 4 is 38.6 Å². The van der Waals surface area contributed by atoms with Crippen molar-refractivity contribution in [1.29, 1.82) is 0 Å². The first-order chi connectivity index (χ1) is 16.0. The molecule has 0 fully saturated rings. The van der Waals surface area contributed by atoms with Crippen LogP contribution in [0.2, 0.25) is 10.0 Å². The van der Waals surface area contributed by atoms with Gasteiger partial charge in [0.25, 0.3) is 5.60 Å². The van der Waals surface area contributed by atoms with Gasteiger partial charge in [0, 0.05) is 34.5 Å². The predicted molar refractivity (Wildman–Crippen MR) is 126 cm³/mol. The molecule has 0 saturated heterocycles. The van der Waals surface area contributed by atoms with Crippen LogP contribution < -0.4 is 0 Å². The van der Waals surface area contributed by atoms with Crippen LogP contribution in [0.15, 0.2) is 81.4 Å². The van der Waals surface area contributed by atoms with E-state index in [-0.39, 0.29) is 27.9 Å². The summed E-state index contributed by atoms with van der Waals surface area (Å²) in [5.41, 5.74) is -1.59. The van der Waals surface area contributed by atoms with Gasteiger partial charge in [0.1, 0.15) is 5.03 Å². The van der Waals surface area contributed by atoms with E-state index in [1.807, 2.05) is 0 Å². The van der Waals surface area contributed by atoms with Gasteiger partial charge >= 0.3 is 6.18 Å². The molecule has 178 valence electrons. The van der Waals surface area contributed by atoms with E-state index in [2.05, 4.69) is 14.5 Å². The maximum absolute atomic E-state index is 14.1. The molecule has 2 atom stereocenters. The number of hydrogen-bond donors (Lipinski definition) is 0. The molecular weight excluding hydrogens is 510 g/mol. The number of aromatic nitrogens is 1. The number of nitrogens with zero attached hydrogens (tertiary/aromatic N) is 3. The molecule has 1 aromatic heterocycles. The van der Waals surface area contributed by atoms with E-state index < -0.39 is 27.9 Å². The summed E-state index contributed by atoms with van der Waals surface area (Å²) in [6.07, 6.45) is -2.25. The Labute approximate surface area is 204 Å². The van der Waals surface area contributed by atoms with Crippen LogP contribution in [0.1, 0.15) is 23.1 Å². The number of rotatable bonds is 5. The minimum absolute atomic E-state index is 0.0643. The summed E-state index contributed by atoms with van der Waals surface area (Å²) in [5.74, 6) is 0. The molecule has 5 nitrogen and oxygen atoms in total. The van der Waals surface area contributed by atoms with Crippen LogP contribution in [0.3, 0.4) is 0 Å². The lowest BCUT2D eigenvalue weighted by molar-refractivity contribution is -0.275. The second-order valence-corrected chi connectivity index (χ2v) is 10.9. The SMILES string of the molecule is CS(=O)(=NCc1ccc(C2=NOC(c3cc(Cl)cc(Cl)c3)(C(F)(F)F)C2)cc1)c1ccccn1. The lowest BCUT2D eigenvalue weighted by atomic mass is 9.86. The van der Waals surface area contributed by atoms with Gasteiger partial charge in [-0.05, 0) is 41.5 Å². The van der Waals surface area contributed by atoms with Gasteiger partial charge in [0.05, 0.1) is 22.0 Å². The van der Waals surface area contributed by atoms with Gasteiger partial charge < -0.3 is 4.84 Å². The molecule has 2 aromatic carbocycles. The number of halogens is 5. The zero-order valence-electron chi connectivity index (χ0n) is 17.7. The van der Waals surface area contributed by atoms with Crippen molar-refractivity contribution in [2.45, 2.75) is 29.8 Å². The molecule has 2 unspecified atom stereocenters. The van der Waals surface area contributed by atoms with Gasteiger partial charge in [-0.25, -0.2) is 13.6 Å². The molecule has 1 aliphatic heterocycles. The van der Waals surface area contributed by atoms with Crippen molar-refractivity contribution < 1.29 is 22.2 Å². The molecule has 3 aromatic rings. The lowest BCUT2D eigenvalue weighted by Crippen LogP contribution is -2.42. The summed E-state index contributed by atoms with van der Waals surface area (Å²) in [6.45, 7) is 0.155. The second kappa shape index (κ2) is 9.20. The molecule has 0 radical (unpaired) electrons. The fourth-order valence-electron chi connectivity index (χ4n) is 3.48. The summed E-state index contributed by atoms with van der Waals surface area (Å²) in [5, 5.41) is 4.26. The fourth-order valence-corrected chi connectivity index (χ4v) is 5.12. The molecule has 2 heterocycles. The Morgan fingerprint density at radius 1 is 1.09 bits per heavy atom. The van der Waals surface area contributed by atoms with Crippen molar-refractivity contribution in [3.05, 3.63) is 93.6 Å². The van der Waals surface area contributed by atoms with E-state index in [9.17, 15) is 17.4 Å². The van der Waals surface area contributed by atoms with Gasteiger partial charge in [-0.2, -0.15) is 13.2 Å². The molecule has 0 saturated carbocycles. The average Bonchev–Trinajstić information content (AvgIpc) is 3.25. The van der Waals surface area contributed by atoms with E-state index in [0.717, 1.165) is 5.56 Å². The fraction of sp³-hybridized carbons (Fsp3) is 0.217. The molecule has 0 bridgehead atoms. The minimum Gasteiger partial charge on any atom is -0.374 e. The van der Waals surface area contributed by atoms with Crippen molar-refractivity contribution in [2.75, 3.05) is 6.26 Å². The molecule has 1 aliphatic rings. The molecule has 0 N–H and O–H groups in total. The van der Waals surface area contributed by atoms with Crippen LogP contribution in [0.4, 0.5) is 13.2 Å². The highest BCUT2D eigenvalue weighted by atomic mass is 35.5. The summed E-state index contributed by atoms with van der Waals surface area (Å²) in [6, 6.07) is 15.4. The predicted octanol–water partition coefficient (Wildman–Crippen LogP) is 6.63. The molecule has 0 spiro atoms. The largest absolute Gasteiger partial charge is 0.435 e. The van der Waals surface area contributed by atoms with Gasteiger partial charge in [0.15, 0.2) is 0 Å². The Morgan fingerprint density at radius 3 is 2.35 bits per heavy atom. The highest BCUT2D eigenvalue weighted by molar-refractivity contribution is 7.92. The van der Waals surface area contributed by atoms with Gasteiger partial charge in [0.2, 0.25) is 0 Å². The average molecular weight is 528 g/mol. The smallest absolute Gasteiger partial charge is 0.374 e. The first kappa shape index (κ1) is 24.5. The third-order valence-electron chi connectivity index (χ3n) is 5.32. The molecule has 0 amide bonds. The van der Waals surface area contributed by atoms with Crippen LogP contribution in [-0.4, -0.2) is 27.3 Å².